The van der Waals surface area contributed by atoms with E-state index < -0.39 is 0 Å². The van der Waals surface area contributed by atoms with Gasteiger partial charge in [0.25, 0.3) is 0 Å². The van der Waals surface area contributed by atoms with Gasteiger partial charge in [0, 0.05) is 30.3 Å². The number of aromatic nitrogens is 4. The lowest BCUT2D eigenvalue weighted by Crippen LogP contribution is -2.30. The summed E-state index contributed by atoms with van der Waals surface area (Å²) in [4.78, 5) is 1.75. The topological polar surface area (TPSA) is 80.6 Å². The number of nitriles is 1. The molecule has 0 spiro atoms. The minimum absolute atomic E-state index is 0.00509. The molecule has 0 amide bonds. The van der Waals surface area contributed by atoms with Crippen LogP contribution in [0.2, 0.25) is 5.02 Å². The van der Waals surface area contributed by atoms with E-state index in [0.29, 0.717) is 43.6 Å². The molecule has 0 N–H and O–H groups in total. The lowest BCUT2D eigenvalue weighted by molar-refractivity contribution is 0.142. The third kappa shape index (κ3) is 2.79. The molecule has 144 valence electrons. The van der Waals surface area contributed by atoms with Crippen LogP contribution in [0.15, 0.2) is 18.5 Å². The van der Waals surface area contributed by atoms with Gasteiger partial charge in [-0.1, -0.05) is 11.6 Å². The zero-order valence-corrected chi connectivity index (χ0v) is 16.2. The van der Waals surface area contributed by atoms with Gasteiger partial charge < -0.3 is 14.4 Å². The fourth-order valence-corrected chi connectivity index (χ4v) is 4.08. The molecular weight excluding hydrogens is 380 g/mol. The van der Waals surface area contributed by atoms with E-state index in [2.05, 4.69) is 11.3 Å². The van der Waals surface area contributed by atoms with Crippen LogP contribution in [0.1, 0.15) is 17.7 Å². The summed E-state index contributed by atoms with van der Waals surface area (Å²) in [5.74, 6) is 0.680. The van der Waals surface area contributed by atoms with Crippen LogP contribution >= 0.6 is 11.6 Å². The quantitative estimate of drug-likeness (QED) is 0.631. The molecule has 0 radical (unpaired) electrons. The van der Waals surface area contributed by atoms with Gasteiger partial charge in [0.05, 0.1) is 48.9 Å². The first kappa shape index (κ1) is 17.3. The molecule has 5 rings (SSSR count). The van der Waals surface area contributed by atoms with Crippen LogP contribution in [-0.2, 0) is 17.8 Å². The maximum atomic E-state index is 9.22. The van der Waals surface area contributed by atoms with Crippen molar-refractivity contribution in [2.45, 2.75) is 32.5 Å². The standard InChI is InChI=1S/C19H19ClN6O2/c1-12-16-9-24(11-21)3-4-25(16)23-18(12)13-6-17(28-14-2-5-27-10-14)19-15(20)7-22-26(19)8-13/h6-8,14H,2-5,9-10H2,1H3. The molecule has 2 aliphatic rings. The highest BCUT2D eigenvalue weighted by molar-refractivity contribution is 6.34. The number of fused-ring (bicyclic) bond motifs is 2. The Balaban J connectivity index is 1.60. The predicted molar refractivity (Wildman–Crippen MR) is 102 cm³/mol. The SMILES string of the molecule is Cc1c(-c2cc(OC3CCOC3)c3c(Cl)cnn3c2)nn2c1CN(C#N)CC2. The van der Waals surface area contributed by atoms with Crippen LogP contribution in [0.25, 0.3) is 16.8 Å². The monoisotopic (exact) mass is 398 g/mol. The van der Waals surface area contributed by atoms with Crippen molar-refractivity contribution in [2.24, 2.45) is 0 Å². The van der Waals surface area contributed by atoms with Crippen LogP contribution in [0, 0.1) is 18.4 Å². The van der Waals surface area contributed by atoms with Crippen LogP contribution in [0.3, 0.4) is 0 Å². The second kappa shape index (κ2) is 6.69. The van der Waals surface area contributed by atoms with Crippen LogP contribution in [0.5, 0.6) is 5.75 Å². The molecule has 28 heavy (non-hydrogen) atoms. The molecule has 2 aliphatic heterocycles. The van der Waals surface area contributed by atoms with Gasteiger partial charge in [0.2, 0.25) is 0 Å². The number of nitrogens with zero attached hydrogens (tertiary/aromatic N) is 6. The Morgan fingerprint density at radius 1 is 1.39 bits per heavy atom. The summed E-state index contributed by atoms with van der Waals surface area (Å²) in [6.45, 7) is 5.27. The van der Waals surface area contributed by atoms with Crippen LogP contribution < -0.4 is 4.74 Å². The van der Waals surface area contributed by atoms with Crippen molar-refractivity contribution >= 4 is 17.1 Å². The number of hydrogen-bond acceptors (Lipinski definition) is 6. The highest BCUT2D eigenvalue weighted by Gasteiger charge is 2.25. The van der Waals surface area contributed by atoms with Crippen molar-refractivity contribution in [3.05, 3.63) is 34.7 Å². The Kier molecular flexibility index (Phi) is 4.14. The summed E-state index contributed by atoms with van der Waals surface area (Å²) >= 11 is 6.36. The van der Waals surface area contributed by atoms with Gasteiger partial charge in [0.1, 0.15) is 17.4 Å². The maximum Gasteiger partial charge on any atom is 0.179 e. The summed E-state index contributed by atoms with van der Waals surface area (Å²) in [5.41, 5.74) is 4.65. The van der Waals surface area contributed by atoms with Crippen molar-refractivity contribution in [1.29, 1.82) is 5.26 Å². The Morgan fingerprint density at radius 3 is 3.07 bits per heavy atom. The van der Waals surface area contributed by atoms with Crippen molar-refractivity contribution in [3.63, 3.8) is 0 Å². The molecule has 5 heterocycles. The molecule has 1 unspecified atom stereocenters. The minimum Gasteiger partial charge on any atom is -0.486 e. The van der Waals surface area contributed by atoms with E-state index in [0.717, 1.165) is 34.5 Å². The zero-order chi connectivity index (χ0) is 19.3. The normalized spacial score (nSPS) is 19.0. The summed E-state index contributed by atoms with van der Waals surface area (Å²) < 4.78 is 15.4. The molecule has 0 bridgehead atoms. The van der Waals surface area contributed by atoms with E-state index >= 15 is 0 Å². The van der Waals surface area contributed by atoms with Gasteiger partial charge in [-0.15, -0.1) is 0 Å². The van der Waals surface area contributed by atoms with E-state index in [9.17, 15) is 5.26 Å². The van der Waals surface area contributed by atoms with Gasteiger partial charge in [-0.3, -0.25) is 4.68 Å². The minimum atomic E-state index is 0.00509. The molecule has 8 nitrogen and oxygen atoms in total. The van der Waals surface area contributed by atoms with Crippen molar-refractivity contribution < 1.29 is 9.47 Å². The van der Waals surface area contributed by atoms with E-state index in [1.54, 1.807) is 15.6 Å². The molecule has 9 heteroatoms. The van der Waals surface area contributed by atoms with Crippen molar-refractivity contribution in [1.82, 2.24) is 24.3 Å². The molecule has 1 fully saturated rings. The Bertz CT molecular complexity index is 1090. The highest BCUT2D eigenvalue weighted by atomic mass is 35.5. The maximum absolute atomic E-state index is 9.22. The first-order chi connectivity index (χ1) is 13.6. The summed E-state index contributed by atoms with van der Waals surface area (Å²) in [6.07, 6.45) is 6.62. The Hall–Kier alpha value is -2.76. The predicted octanol–water partition coefficient (Wildman–Crippen LogP) is 2.62. The number of pyridine rings is 1. The fraction of sp³-hybridized carbons (Fsp3) is 0.421. The molecule has 3 aromatic heterocycles. The van der Waals surface area contributed by atoms with Gasteiger partial charge >= 0.3 is 0 Å². The van der Waals surface area contributed by atoms with E-state index in [1.807, 2.05) is 23.9 Å². The molecule has 0 aromatic carbocycles. The van der Waals surface area contributed by atoms with E-state index in [-0.39, 0.29) is 6.10 Å². The first-order valence-corrected chi connectivity index (χ1v) is 9.64. The van der Waals surface area contributed by atoms with Crippen LogP contribution in [-0.4, -0.2) is 50.2 Å². The van der Waals surface area contributed by atoms with Crippen LogP contribution in [0.4, 0.5) is 0 Å². The van der Waals surface area contributed by atoms with Gasteiger partial charge in [-0.05, 0) is 13.0 Å². The number of hydrogen-bond donors (Lipinski definition) is 0. The van der Waals surface area contributed by atoms with Crippen molar-refractivity contribution in [3.8, 4) is 23.2 Å². The number of rotatable bonds is 3. The zero-order valence-electron chi connectivity index (χ0n) is 15.4. The van der Waals surface area contributed by atoms with Gasteiger partial charge in [-0.2, -0.15) is 15.5 Å². The fourth-order valence-electron chi connectivity index (χ4n) is 3.86. The summed E-state index contributed by atoms with van der Waals surface area (Å²) in [5, 5.41) is 18.9. The summed E-state index contributed by atoms with van der Waals surface area (Å²) in [7, 11) is 0. The van der Waals surface area contributed by atoms with Gasteiger partial charge in [-0.25, -0.2) is 4.52 Å². The lowest BCUT2D eigenvalue weighted by Gasteiger charge is -2.22. The average molecular weight is 399 g/mol. The van der Waals surface area contributed by atoms with E-state index in [4.69, 9.17) is 26.2 Å². The first-order valence-electron chi connectivity index (χ1n) is 9.26. The molecular formula is C19H19ClN6O2. The van der Waals surface area contributed by atoms with E-state index in [1.165, 1.54) is 0 Å². The largest absolute Gasteiger partial charge is 0.486 e. The second-order valence-electron chi connectivity index (χ2n) is 7.15. The molecule has 3 aromatic rings. The lowest BCUT2D eigenvalue weighted by atomic mass is 10.1. The smallest absolute Gasteiger partial charge is 0.179 e. The molecule has 0 aliphatic carbocycles. The third-order valence-corrected chi connectivity index (χ3v) is 5.65. The number of ether oxygens (including phenoxy) is 2. The van der Waals surface area contributed by atoms with Gasteiger partial charge in [0.15, 0.2) is 6.19 Å². The Labute approximate surface area is 166 Å². The van der Waals surface area contributed by atoms with Crippen molar-refractivity contribution in [2.75, 3.05) is 19.8 Å². The molecule has 0 saturated carbocycles. The molecule has 1 saturated heterocycles. The third-order valence-electron chi connectivity index (χ3n) is 5.37. The highest BCUT2D eigenvalue weighted by Crippen LogP contribution is 2.35. The second-order valence-corrected chi connectivity index (χ2v) is 7.55. The number of halogens is 1. The summed E-state index contributed by atoms with van der Waals surface area (Å²) in [6, 6.07) is 1.98. The Morgan fingerprint density at radius 2 is 2.29 bits per heavy atom. The molecule has 1 atom stereocenters. The average Bonchev–Trinajstić information content (AvgIpc) is 3.42.